The minimum atomic E-state index is -0.153. The second-order valence-corrected chi connectivity index (χ2v) is 7.29. The van der Waals surface area contributed by atoms with Crippen molar-refractivity contribution in [2.45, 2.75) is 46.2 Å². The molecule has 0 unspecified atom stereocenters. The summed E-state index contributed by atoms with van der Waals surface area (Å²) in [6.45, 7) is 9.06. The van der Waals surface area contributed by atoms with Crippen molar-refractivity contribution in [2.24, 2.45) is 0 Å². The lowest BCUT2D eigenvalue weighted by Crippen LogP contribution is -2.29. The lowest BCUT2D eigenvalue weighted by Gasteiger charge is -2.23. The smallest absolute Gasteiger partial charge is 0.257 e. The van der Waals surface area contributed by atoms with Gasteiger partial charge in [-0.1, -0.05) is 13.0 Å². The molecule has 6 heteroatoms. The van der Waals surface area contributed by atoms with E-state index >= 15 is 0 Å². The van der Waals surface area contributed by atoms with E-state index in [2.05, 4.69) is 25.9 Å². The van der Waals surface area contributed by atoms with E-state index < -0.39 is 0 Å². The molecule has 1 aromatic carbocycles. The van der Waals surface area contributed by atoms with Gasteiger partial charge in [-0.15, -0.1) is 0 Å². The highest BCUT2D eigenvalue weighted by atomic mass is 16.7. The Bertz CT molecular complexity index is 790. The first-order valence-corrected chi connectivity index (χ1v) is 8.52. The fourth-order valence-corrected chi connectivity index (χ4v) is 3.06. The van der Waals surface area contributed by atoms with E-state index in [9.17, 15) is 4.79 Å². The van der Waals surface area contributed by atoms with Crippen molar-refractivity contribution in [3.8, 4) is 11.5 Å². The van der Waals surface area contributed by atoms with E-state index in [1.807, 2.05) is 29.8 Å². The summed E-state index contributed by atoms with van der Waals surface area (Å²) in [5, 5.41) is 4.45. The number of carbonyl (C=O) groups is 1. The van der Waals surface area contributed by atoms with Crippen LogP contribution in [0, 0.1) is 0 Å². The summed E-state index contributed by atoms with van der Waals surface area (Å²) >= 11 is 0. The maximum absolute atomic E-state index is 12.9. The highest BCUT2D eigenvalue weighted by Gasteiger charge is 2.25. The molecule has 1 amide bonds. The van der Waals surface area contributed by atoms with Gasteiger partial charge in [-0.2, -0.15) is 5.10 Å². The molecule has 0 fully saturated rings. The zero-order chi connectivity index (χ0) is 18.2. The molecule has 1 aliphatic rings. The molecule has 6 nitrogen and oxygen atoms in total. The Labute approximate surface area is 148 Å². The highest BCUT2D eigenvalue weighted by Crippen LogP contribution is 2.33. The van der Waals surface area contributed by atoms with Gasteiger partial charge in [0.2, 0.25) is 6.79 Å². The second kappa shape index (κ2) is 6.43. The van der Waals surface area contributed by atoms with E-state index in [0.717, 1.165) is 29.2 Å². The predicted octanol–water partition coefficient (Wildman–Crippen LogP) is 3.20. The summed E-state index contributed by atoms with van der Waals surface area (Å²) < 4.78 is 12.7. The van der Waals surface area contributed by atoms with Crippen molar-refractivity contribution in [2.75, 3.05) is 13.8 Å². The SMILES string of the molecule is CCc1c(C(=O)N(C)Cc2ccc3c(c2)OCO3)cnn1C(C)(C)C. The number of amides is 1. The Morgan fingerprint density at radius 1 is 1.28 bits per heavy atom. The molecule has 0 bridgehead atoms. The van der Waals surface area contributed by atoms with Gasteiger partial charge in [0, 0.05) is 13.6 Å². The van der Waals surface area contributed by atoms with E-state index in [-0.39, 0.29) is 18.2 Å². The third kappa shape index (κ3) is 3.34. The molecule has 1 aromatic heterocycles. The summed E-state index contributed by atoms with van der Waals surface area (Å²) in [6.07, 6.45) is 2.44. The standard InChI is InChI=1S/C19H25N3O3/c1-6-15-14(10-20-22(15)19(2,3)4)18(23)21(5)11-13-7-8-16-17(9-13)25-12-24-16/h7-10H,6,11-12H2,1-5H3. The monoisotopic (exact) mass is 343 g/mol. The fourth-order valence-electron chi connectivity index (χ4n) is 3.06. The number of hydrogen-bond acceptors (Lipinski definition) is 4. The zero-order valence-corrected chi connectivity index (χ0v) is 15.5. The van der Waals surface area contributed by atoms with Crippen LogP contribution in [-0.4, -0.2) is 34.4 Å². The topological polar surface area (TPSA) is 56.6 Å². The molecule has 2 heterocycles. The first kappa shape index (κ1) is 17.3. The quantitative estimate of drug-likeness (QED) is 0.855. The maximum atomic E-state index is 12.9. The first-order chi connectivity index (χ1) is 11.8. The number of rotatable bonds is 4. The van der Waals surface area contributed by atoms with Crippen LogP contribution < -0.4 is 9.47 Å². The number of carbonyl (C=O) groups excluding carboxylic acids is 1. The van der Waals surface area contributed by atoms with Crippen LogP contribution in [0.3, 0.4) is 0 Å². The minimum absolute atomic E-state index is 0.0231. The Hall–Kier alpha value is -2.50. The van der Waals surface area contributed by atoms with Crippen molar-refractivity contribution in [1.29, 1.82) is 0 Å². The van der Waals surface area contributed by atoms with E-state index in [1.54, 1.807) is 18.1 Å². The molecule has 0 saturated heterocycles. The van der Waals surface area contributed by atoms with Gasteiger partial charge in [-0.25, -0.2) is 0 Å². The summed E-state index contributed by atoms with van der Waals surface area (Å²) in [4.78, 5) is 14.6. The molecule has 0 radical (unpaired) electrons. The second-order valence-electron chi connectivity index (χ2n) is 7.29. The van der Waals surface area contributed by atoms with Crippen LogP contribution in [0.1, 0.15) is 49.3 Å². The molecule has 0 atom stereocenters. The van der Waals surface area contributed by atoms with Gasteiger partial charge in [0.1, 0.15) is 0 Å². The lowest BCUT2D eigenvalue weighted by atomic mass is 10.1. The van der Waals surface area contributed by atoms with Crippen molar-refractivity contribution in [1.82, 2.24) is 14.7 Å². The molecule has 1 aliphatic heterocycles. The minimum Gasteiger partial charge on any atom is -0.454 e. The number of benzene rings is 1. The predicted molar refractivity (Wildman–Crippen MR) is 95.0 cm³/mol. The summed E-state index contributed by atoms with van der Waals surface area (Å²) in [5.41, 5.74) is 2.48. The zero-order valence-electron chi connectivity index (χ0n) is 15.5. The van der Waals surface area contributed by atoms with Crippen molar-refractivity contribution in [3.63, 3.8) is 0 Å². The van der Waals surface area contributed by atoms with Gasteiger partial charge in [0.15, 0.2) is 11.5 Å². The van der Waals surface area contributed by atoms with Crippen LogP contribution in [0.2, 0.25) is 0 Å². The molecule has 25 heavy (non-hydrogen) atoms. The van der Waals surface area contributed by atoms with Gasteiger partial charge < -0.3 is 14.4 Å². The average Bonchev–Trinajstić information content (AvgIpc) is 3.19. The normalized spacial score (nSPS) is 13.2. The largest absolute Gasteiger partial charge is 0.454 e. The molecule has 2 aromatic rings. The number of aromatic nitrogens is 2. The Morgan fingerprint density at radius 2 is 2.00 bits per heavy atom. The summed E-state index contributed by atoms with van der Waals surface area (Å²) in [5.74, 6) is 1.45. The molecule has 134 valence electrons. The van der Waals surface area contributed by atoms with Crippen molar-refractivity contribution in [3.05, 3.63) is 41.2 Å². The molecular formula is C19H25N3O3. The van der Waals surface area contributed by atoms with Crippen LogP contribution in [-0.2, 0) is 18.5 Å². The van der Waals surface area contributed by atoms with Gasteiger partial charge in [-0.05, 0) is 44.9 Å². The van der Waals surface area contributed by atoms with Crippen LogP contribution in [0.5, 0.6) is 11.5 Å². The van der Waals surface area contributed by atoms with Crippen molar-refractivity contribution < 1.29 is 14.3 Å². The third-order valence-electron chi connectivity index (χ3n) is 4.27. The number of ether oxygens (including phenoxy) is 2. The van der Waals surface area contributed by atoms with E-state index in [0.29, 0.717) is 12.1 Å². The molecule has 0 saturated carbocycles. The first-order valence-electron chi connectivity index (χ1n) is 8.52. The van der Waals surface area contributed by atoms with Gasteiger partial charge >= 0.3 is 0 Å². The van der Waals surface area contributed by atoms with Gasteiger partial charge in [-0.3, -0.25) is 9.48 Å². The fraction of sp³-hybridized carbons (Fsp3) is 0.474. The Morgan fingerprint density at radius 3 is 2.68 bits per heavy atom. The number of fused-ring (bicyclic) bond motifs is 1. The average molecular weight is 343 g/mol. The highest BCUT2D eigenvalue weighted by molar-refractivity contribution is 5.95. The van der Waals surface area contributed by atoms with E-state index in [1.165, 1.54) is 0 Å². The van der Waals surface area contributed by atoms with Crippen LogP contribution in [0.4, 0.5) is 0 Å². The number of hydrogen-bond donors (Lipinski definition) is 0. The molecule has 0 N–H and O–H groups in total. The molecular weight excluding hydrogens is 318 g/mol. The maximum Gasteiger partial charge on any atom is 0.257 e. The van der Waals surface area contributed by atoms with Crippen LogP contribution in [0.25, 0.3) is 0 Å². The van der Waals surface area contributed by atoms with Gasteiger partial charge in [0.25, 0.3) is 5.91 Å². The Kier molecular flexibility index (Phi) is 4.45. The summed E-state index contributed by atoms with van der Waals surface area (Å²) in [7, 11) is 1.81. The van der Waals surface area contributed by atoms with Crippen molar-refractivity contribution >= 4 is 5.91 Å². The third-order valence-corrected chi connectivity index (χ3v) is 4.27. The van der Waals surface area contributed by atoms with Crippen LogP contribution >= 0.6 is 0 Å². The molecule has 0 aliphatic carbocycles. The molecule has 3 rings (SSSR count). The van der Waals surface area contributed by atoms with Gasteiger partial charge in [0.05, 0.1) is 23.0 Å². The lowest BCUT2D eigenvalue weighted by molar-refractivity contribution is 0.0783. The Balaban J connectivity index is 1.80. The summed E-state index contributed by atoms with van der Waals surface area (Å²) in [6, 6.07) is 5.76. The van der Waals surface area contributed by atoms with Crippen LogP contribution in [0.15, 0.2) is 24.4 Å². The molecule has 0 spiro atoms. The number of nitrogens with zero attached hydrogens (tertiary/aromatic N) is 3. The van der Waals surface area contributed by atoms with E-state index in [4.69, 9.17) is 9.47 Å².